The van der Waals surface area contributed by atoms with Gasteiger partial charge in [0.1, 0.15) is 12.6 Å². The lowest BCUT2D eigenvalue weighted by molar-refractivity contribution is -0.877. The molecule has 1 saturated heterocycles. The zero-order valence-corrected chi connectivity index (χ0v) is 13.5. The molecule has 0 bridgehead atoms. The van der Waals surface area contributed by atoms with Crippen LogP contribution in [0.2, 0.25) is 0 Å². The predicted molar refractivity (Wildman–Crippen MR) is 92.0 cm³/mol. The van der Waals surface area contributed by atoms with E-state index in [2.05, 4.69) is 17.1 Å². The van der Waals surface area contributed by atoms with E-state index in [1.54, 1.807) is 6.20 Å². The van der Waals surface area contributed by atoms with E-state index < -0.39 is 6.09 Å². The van der Waals surface area contributed by atoms with Crippen LogP contribution in [0.15, 0.2) is 60.9 Å². The summed E-state index contributed by atoms with van der Waals surface area (Å²) in [7, 11) is 0. The van der Waals surface area contributed by atoms with Gasteiger partial charge >= 0.3 is 6.09 Å². The number of likely N-dealkylation sites (tertiary alicyclic amines) is 1. The van der Waals surface area contributed by atoms with Gasteiger partial charge in [-0.1, -0.05) is 36.4 Å². The van der Waals surface area contributed by atoms with E-state index in [1.165, 1.54) is 5.57 Å². The molecule has 1 aliphatic carbocycles. The number of carbonyl (C=O) groups is 1. The summed E-state index contributed by atoms with van der Waals surface area (Å²) in [6.45, 7) is 1.25. The Labute approximate surface area is 141 Å². The molecule has 4 rings (SSSR count). The Morgan fingerprint density at radius 3 is 2.75 bits per heavy atom. The van der Waals surface area contributed by atoms with Gasteiger partial charge in [0.2, 0.25) is 0 Å². The second-order valence-corrected chi connectivity index (χ2v) is 6.86. The molecule has 0 spiro atoms. The number of quaternary nitrogens is 1. The molecule has 4 heteroatoms. The molecule has 3 atom stereocenters. The van der Waals surface area contributed by atoms with Crippen molar-refractivity contribution in [3.05, 3.63) is 72.1 Å². The number of pyridine rings is 1. The van der Waals surface area contributed by atoms with Crippen molar-refractivity contribution in [2.24, 2.45) is 5.92 Å². The molecule has 2 aromatic rings. The third kappa shape index (κ3) is 2.43. The fourth-order valence-corrected chi connectivity index (χ4v) is 4.33. The van der Waals surface area contributed by atoms with Crippen LogP contribution in [0.3, 0.4) is 0 Å². The van der Waals surface area contributed by atoms with E-state index in [1.807, 2.05) is 42.6 Å². The third-order valence-corrected chi connectivity index (χ3v) is 5.53. The van der Waals surface area contributed by atoms with Gasteiger partial charge in [0.15, 0.2) is 0 Å². The van der Waals surface area contributed by atoms with Crippen LogP contribution in [-0.2, 0) is 6.54 Å². The molecule has 1 aromatic carbocycles. The van der Waals surface area contributed by atoms with Crippen LogP contribution in [0.4, 0.5) is 4.79 Å². The topological polar surface area (TPSA) is 50.2 Å². The van der Waals surface area contributed by atoms with Crippen molar-refractivity contribution in [1.29, 1.82) is 0 Å². The largest absolute Gasteiger partial charge is 0.514 e. The Bertz CT molecular complexity index is 773. The van der Waals surface area contributed by atoms with Gasteiger partial charge in [0.05, 0.1) is 6.54 Å². The van der Waals surface area contributed by atoms with E-state index in [4.69, 9.17) is 0 Å². The lowest BCUT2D eigenvalue weighted by Crippen LogP contribution is -2.54. The Morgan fingerprint density at radius 2 is 2.04 bits per heavy atom. The van der Waals surface area contributed by atoms with Crippen molar-refractivity contribution in [3.63, 3.8) is 0 Å². The van der Waals surface area contributed by atoms with Crippen molar-refractivity contribution >= 4 is 11.7 Å². The van der Waals surface area contributed by atoms with Crippen LogP contribution in [-0.4, -0.2) is 33.3 Å². The average molecular weight is 321 g/mol. The summed E-state index contributed by atoms with van der Waals surface area (Å²) in [5, 5.41) is 10.1. The maximum atomic E-state index is 12.2. The Morgan fingerprint density at radius 1 is 1.21 bits per heavy atom. The highest BCUT2D eigenvalue weighted by Gasteiger charge is 2.55. The predicted octanol–water partition coefficient (Wildman–Crippen LogP) is 3.95. The molecule has 0 radical (unpaired) electrons. The first kappa shape index (κ1) is 15.1. The van der Waals surface area contributed by atoms with Gasteiger partial charge in [0, 0.05) is 30.3 Å². The number of benzene rings is 1. The molecule has 1 aromatic heterocycles. The summed E-state index contributed by atoms with van der Waals surface area (Å²) in [5.41, 5.74) is 3.45. The van der Waals surface area contributed by atoms with Gasteiger partial charge in [-0.25, -0.2) is 4.48 Å². The van der Waals surface area contributed by atoms with Crippen LogP contribution >= 0.6 is 0 Å². The molecule has 1 aliphatic heterocycles. The first-order valence-corrected chi connectivity index (χ1v) is 8.44. The van der Waals surface area contributed by atoms with Crippen molar-refractivity contribution in [2.45, 2.75) is 25.4 Å². The Hall–Kier alpha value is -2.46. The third-order valence-electron chi connectivity index (χ3n) is 5.53. The molecule has 3 unspecified atom stereocenters. The SMILES string of the molecule is O=C(O)[N+]1(Cc2ccccc2)CCC2CC(c3cccnc3)=CC21. The molecule has 2 heterocycles. The number of rotatable bonds is 3. The smallest absolute Gasteiger partial charge is 0.435 e. The molecule has 122 valence electrons. The van der Waals surface area contributed by atoms with Crippen molar-refractivity contribution in [2.75, 3.05) is 6.54 Å². The van der Waals surface area contributed by atoms with Crippen molar-refractivity contribution in [1.82, 2.24) is 4.98 Å². The van der Waals surface area contributed by atoms with Crippen LogP contribution in [0.1, 0.15) is 24.0 Å². The summed E-state index contributed by atoms with van der Waals surface area (Å²) in [6.07, 6.45) is 7.05. The first-order valence-electron chi connectivity index (χ1n) is 8.44. The van der Waals surface area contributed by atoms with Gasteiger partial charge in [-0.05, 0) is 29.7 Å². The summed E-state index contributed by atoms with van der Waals surface area (Å²) >= 11 is 0. The minimum Gasteiger partial charge on any atom is -0.435 e. The maximum absolute atomic E-state index is 12.2. The fourth-order valence-electron chi connectivity index (χ4n) is 4.33. The standard InChI is InChI=1S/C20H20N2O2/c23-20(24)22(14-15-5-2-1-3-6-15)10-8-16-11-18(12-19(16)22)17-7-4-9-21-13-17/h1-7,9,12-13,16,19H,8,10-11,14H2/p+1. The molecule has 1 N–H and O–H groups in total. The fraction of sp³-hybridized carbons (Fsp3) is 0.300. The van der Waals surface area contributed by atoms with Gasteiger partial charge in [-0.2, -0.15) is 4.79 Å². The molecule has 1 fully saturated rings. The van der Waals surface area contributed by atoms with Crippen LogP contribution in [0.5, 0.6) is 0 Å². The zero-order valence-electron chi connectivity index (χ0n) is 13.5. The minimum atomic E-state index is -0.713. The Kier molecular flexibility index (Phi) is 3.69. The second-order valence-electron chi connectivity index (χ2n) is 6.86. The molecule has 0 saturated carbocycles. The number of allylic oxidation sites excluding steroid dienone is 1. The van der Waals surface area contributed by atoms with Gasteiger partial charge in [0.25, 0.3) is 0 Å². The highest BCUT2D eigenvalue weighted by molar-refractivity contribution is 5.69. The van der Waals surface area contributed by atoms with Crippen LogP contribution in [0, 0.1) is 5.92 Å². The number of hydrogen-bond donors (Lipinski definition) is 1. The van der Waals surface area contributed by atoms with Crippen molar-refractivity contribution < 1.29 is 14.4 Å². The van der Waals surface area contributed by atoms with Crippen LogP contribution in [0.25, 0.3) is 5.57 Å². The van der Waals surface area contributed by atoms with Crippen LogP contribution < -0.4 is 0 Å². The summed E-state index contributed by atoms with van der Waals surface area (Å²) < 4.78 is 0.123. The quantitative estimate of drug-likeness (QED) is 0.871. The molecule has 1 amide bonds. The van der Waals surface area contributed by atoms with E-state index in [-0.39, 0.29) is 10.5 Å². The maximum Gasteiger partial charge on any atom is 0.514 e. The highest BCUT2D eigenvalue weighted by atomic mass is 16.4. The van der Waals surface area contributed by atoms with E-state index in [0.717, 1.165) is 24.0 Å². The molecular formula is C20H21N2O2+. The number of carboxylic acid groups (broad SMARTS) is 1. The monoisotopic (exact) mass is 321 g/mol. The van der Waals surface area contributed by atoms with E-state index in [0.29, 0.717) is 19.0 Å². The van der Waals surface area contributed by atoms with Gasteiger partial charge in [-0.15, -0.1) is 0 Å². The highest BCUT2D eigenvalue weighted by Crippen LogP contribution is 2.45. The minimum absolute atomic E-state index is 0.0536. The summed E-state index contributed by atoms with van der Waals surface area (Å²) in [4.78, 5) is 16.4. The summed E-state index contributed by atoms with van der Waals surface area (Å²) in [6, 6.07) is 14.0. The first-order chi connectivity index (χ1) is 11.7. The number of aromatic nitrogens is 1. The average Bonchev–Trinajstić information content (AvgIpc) is 3.18. The number of nitrogens with zero attached hydrogens (tertiary/aromatic N) is 2. The second kappa shape index (κ2) is 5.87. The number of fused-ring (bicyclic) bond motifs is 1. The van der Waals surface area contributed by atoms with Gasteiger partial charge < -0.3 is 5.11 Å². The molecular weight excluding hydrogens is 300 g/mol. The van der Waals surface area contributed by atoms with E-state index >= 15 is 0 Å². The molecule has 2 aliphatic rings. The van der Waals surface area contributed by atoms with E-state index in [9.17, 15) is 9.90 Å². The molecule has 4 nitrogen and oxygen atoms in total. The lowest BCUT2D eigenvalue weighted by Gasteiger charge is -2.33. The normalized spacial score (nSPS) is 28.4. The lowest BCUT2D eigenvalue weighted by atomic mass is 9.99. The Balaban J connectivity index is 1.69. The molecule has 24 heavy (non-hydrogen) atoms. The zero-order chi connectivity index (χ0) is 16.6. The summed E-state index contributed by atoms with van der Waals surface area (Å²) in [5.74, 6) is 0.417. The number of amides is 1. The van der Waals surface area contributed by atoms with Gasteiger partial charge in [-0.3, -0.25) is 4.98 Å². The van der Waals surface area contributed by atoms with Crippen molar-refractivity contribution in [3.8, 4) is 0 Å². The number of hydrogen-bond acceptors (Lipinski definition) is 2.